The van der Waals surface area contributed by atoms with Gasteiger partial charge in [-0.05, 0) is 95.8 Å². The molecular weight excluding hydrogens is 675 g/mol. The molecule has 8 rings (SSSR count). The summed E-state index contributed by atoms with van der Waals surface area (Å²) in [5, 5.41) is 17.0. The molecule has 2 saturated heterocycles. The standard InChI is InChI=1S/C43H45N5O4.2CH4/c49-36-14-18-39-33(27-36)11-17-38(31-5-2-1-3-6-31)42(39)32-9-15-37(16-10-32)52-26-4-21-46-22-24-47(25-23-46)35-12-7-30(8-13-35)34-28-44-48(29-34)40-19-20-41(50)45-43(40)51;;/h1-3,5-10,12-16,18,27-29,38,40,42,49H,4,11,17,19-26H2,(H,45,50,51);2*1H4/t38-,40?,42+;;/m1../s1. The summed E-state index contributed by atoms with van der Waals surface area (Å²) in [7, 11) is 0. The Bertz CT molecular complexity index is 2000. The number of aromatic hydroxyl groups is 1. The number of rotatable bonds is 10. The monoisotopic (exact) mass is 727 g/mol. The van der Waals surface area contributed by atoms with Crippen molar-refractivity contribution >= 4 is 17.5 Å². The van der Waals surface area contributed by atoms with Crippen molar-refractivity contribution in [2.45, 2.75) is 64.8 Å². The largest absolute Gasteiger partial charge is 0.508 e. The van der Waals surface area contributed by atoms with E-state index in [1.807, 2.05) is 18.3 Å². The predicted octanol–water partition coefficient (Wildman–Crippen LogP) is 7.96. The lowest BCUT2D eigenvalue weighted by atomic mass is 9.69. The van der Waals surface area contributed by atoms with E-state index in [1.165, 1.54) is 27.9 Å². The fourth-order valence-electron chi connectivity index (χ4n) is 8.21. The molecule has 4 aromatic carbocycles. The van der Waals surface area contributed by atoms with Gasteiger partial charge in [-0.1, -0.05) is 75.5 Å². The summed E-state index contributed by atoms with van der Waals surface area (Å²) < 4.78 is 7.87. The van der Waals surface area contributed by atoms with Gasteiger partial charge in [0.05, 0.1) is 12.8 Å². The van der Waals surface area contributed by atoms with Crippen LogP contribution in [-0.2, 0) is 16.0 Å². The Labute approximate surface area is 319 Å². The van der Waals surface area contributed by atoms with Crippen LogP contribution in [0.5, 0.6) is 11.5 Å². The SMILES string of the molecule is C.C.O=C1CCC(n2cc(-c3ccc(N4CCN(CCCOc5ccc([C@@H]6c7ccc(O)cc7CC[C@@H]6c6ccccc6)cc5)CC4)cc3)cn2)C(=O)N1. The van der Waals surface area contributed by atoms with Gasteiger partial charge in [-0.25, -0.2) is 0 Å². The third kappa shape index (κ3) is 8.37. The van der Waals surface area contributed by atoms with E-state index in [0.717, 1.165) is 68.9 Å². The van der Waals surface area contributed by atoms with E-state index < -0.39 is 6.04 Å². The first-order valence-electron chi connectivity index (χ1n) is 18.5. The summed E-state index contributed by atoms with van der Waals surface area (Å²) in [5.41, 5.74) is 8.39. The number of anilines is 1. The van der Waals surface area contributed by atoms with Gasteiger partial charge in [-0.15, -0.1) is 0 Å². The number of carbonyl (C=O) groups is 2. The molecule has 9 nitrogen and oxygen atoms in total. The Hall–Kier alpha value is -5.41. The Morgan fingerprint density at radius 1 is 0.796 bits per heavy atom. The second-order valence-corrected chi connectivity index (χ2v) is 14.2. The van der Waals surface area contributed by atoms with Gasteiger partial charge in [0.2, 0.25) is 5.91 Å². The Balaban J connectivity index is 0.00000249. The lowest BCUT2D eigenvalue weighted by molar-refractivity contribution is -0.135. The van der Waals surface area contributed by atoms with Crippen LogP contribution < -0.4 is 15.0 Å². The molecule has 2 fully saturated rings. The third-order valence-electron chi connectivity index (χ3n) is 11.0. The molecule has 1 aromatic heterocycles. The molecule has 2 N–H and O–H groups in total. The van der Waals surface area contributed by atoms with Crippen LogP contribution in [0.1, 0.15) is 80.7 Å². The number of aromatic nitrogens is 2. The number of amides is 2. The number of hydrogen-bond acceptors (Lipinski definition) is 7. The number of ether oxygens (including phenoxy) is 1. The highest BCUT2D eigenvalue weighted by Crippen LogP contribution is 2.47. The first-order chi connectivity index (χ1) is 25.5. The zero-order valence-corrected chi connectivity index (χ0v) is 29.4. The van der Waals surface area contributed by atoms with Gasteiger partial charge in [0, 0.05) is 62.5 Å². The summed E-state index contributed by atoms with van der Waals surface area (Å²) in [4.78, 5) is 28.7. The first-order valence-corrected chi connectivity index (χ1v) is 18.5. The van der Waals surface area contributed by atoms with E-state index in [0.29, 0.717) is 31.1 Å². The molecule has 5 aromatic rings. The maximum Gasteiger partial charge on any atom is 0.251 e. The van der Waals surface area contributed by atoms with E-state index in [9.17, 15) is 14.7 Å². The minimum Gasteiger partial charge on any atom is -0.508 e. The quantitative estimate of drug-likeness (QED) is 0.111. The lowest BCUT2D eigenvalue weighted by Crippen LogP contribution is -2.46. The smallest absolute Gasteiger partial charge is 0.251 e. The molecule has 0 saturated carbocycles. The van der Waals surface area contributed by atoms with Crippen LogP contribution >= 0.6 is 0 Å². The molecule has 2 amide bonds. The fourth-order valence-corrected chi connectivity index (χ4v) is 8.21. The van der Waals surface area contributed by atoms with Crippen LogP contribution in [0.3, 0.4) is 0 Å². The Kier molecular flexibility index (Phi) is 12.2. The van der Waals surface area contributed by atoms with Crippen molar-refractivity contribution in [3.8, 4) is 22.6 Å². The topological polar surface area (TPSA) is 99.9 Å². The number of phenolic OH excluding ortho intramolecular Hbond substituents is 1. The first kappa shape index (κ1) is 38.3. The average Bonchev–Trinajstić information content (AvgIpc) is 3.67. The van der Waals surface area contributed by atoms with Crippen LogP contribution in [0, 0.1) is 0 Å². The van der Waals surface area contributed by atoms with Crippen molar-refractivity contribution in [3.05, 3.63) is 132 Å². The minimum atomic E-state index is -0.447. The van der Waals surface area contributed by atoms with Crippen LogP contribution in [0.4, 0.5) is 5.69 Å². The van der Waals surface area contributed by atoms with Crippen molar-refractivity contribution in [2.75, 3.05) is 44.2 Å². The molecule has 3 atom stereocenters. The fraction of sp³-hybridized carbons (Fsp3) is 0.356. The normalized spacial score (nSPS) is 19.9. The van der Waals surface area contributed by atoms with Gasteiger partial charge in [-0.3, -0.25) is 24.5 Å². The van der Waals surface area contributed by atoms with Gasteiger partial charge < -0.3 is 14.7 Å². The van der Waals surface area contributed by atoms with Crippen LogP contribution in [-0.4, -0.2) is 70.9 Å². The van der Waals surface area contributed by atoms with Crippen molar-refractivity contribution in [3.63, 3.8) is 0 Å². The number of piperazine rings is 1. The highest BCUT2D eigenvalue weighted by Gasteiger charge is 2.32. The second-order valence-electron chi connectivity index (χ2n) is 14.2. The van der Waals surface area contributed by atoms with E-state index >= 15 is 0 Å². The summed E-state index contributed by atoms with van der Waals surface area (Å²) in [6, 6.07) is 33.4. The lowest BCUT2D eigenvalue weighted by Gasteiger charge is -2.36. The Morgan fingerprint density at radius 2 is 1.56 bits per heavy atom. The zero-order chi connectivity index (χ0) is 35.4. The summed E-state index contributed by atoms with van der Waals surface area (Å²) in [6.07, 6.45) is 7.45. The van der Waals surface area contributed by atoms with Crippen LogP contribution in [0.2, 0.25) is 0 Å². The molecule has 1 aliphatic carbocycles. The third-order valence-corrected chi connectivity index (χ3v) is 11.0. The summed E-state index contributed by atoms with van der Waals surface area (Å²) in [6.45, 7) is 5.66. The van der Waals surface area contributed by atoms with Gasteiger partial charge in [-0.2, -0.15) is 5.10 Å². The van der Waals surface area contributed by atoms with Crippen LogP contribution in [0.15, 0.2) is 109 Å². The molecule has 0 bridgehead atoms. The maximum absolute atomic E-state index is 12.2. The molecule has 3 aliphatic rings. The van der Waals surface area contributed by atoms with E-state index in [1.54, 1.807) is 10.9 Å². The van der Waals surface area contributed by atoms with Crippen molar-refractivity contribution < 1.29 is 19.4 Å². The van der Waals surface area contributed by atoms with Crippen molar-refractivity contribution in [2.24, 2.45) is 0 Å². The highest BCUT2D eigenvalue weighted by molar-refractivity contribution is 5.99. The number of fused-ring (bicyclic) bond motifs is 1. The number of phenols is 1. The molecule has 0 spiro atoms. The molecule has 282 valence electrons. The van der Waals surface area contributed by atoms with Crippen molar-refractivity contribution in [1.82, 2.24) is 20.0 Å². The van der Waals surface area contributed by atoms with Gasteiger partial charge in [0.25, 0.3) is 5.91 Å². The number of hydrogen-bond donors (Lipinski definition) is 2. The molecule has 2 aliphatic heterocycles. The average molecular weight is 728 g/mol. The molecular formula is C45H53N5O4. The number of nitrogens with zero attached hydrogens (tertiary/aromatic N) is 4. The predicted molar refractivity (Wildman–Crippen MR) is 215 cm³/mol. The molecule has 9 heteroatoms. The molecule has 0 radical (unpaired) electrons. The zero-order valence-electron chi connectivity index (χ0n) is 29.4. The van der Waals surface area contributed by atoms with Gasteiger partial charge >= 0.3 is 0 Å². The number of imide groups is 1. The second kappa shape index (κ2) is 17.2. The number of aryl methyl sites for hydroxylation is 1. The summed E-state index contributed by atoms with van der Waals surface area (Å²) in [5.74, 6) is 1.34. The maximum atomic E-state index is 12.2. The number of nitrogens with one attached hydrogen (secondary N) is 1. The van der Waals surface area contributed by atoms with E-state index in [-0.39, 0.29) is 32.6 Å². The molecule has 54 heavy (non-hydrogen) atoms. The van der Waals surface area contributed by atoms with E-state index in [4.69, 9.17) is 4.74 Å². The van der Waals surface area contributed by atoms with Crippen molar-refractivity contribution in [1.29, 1.82) is 0 Å². The van der Waals surface area contributed by atoms with Gasteiger partial charge in [0.1, 0.15) is 17.5 Å². The number of benzene rings is 4. The molecule has 1 unspecified atom stereocenters. The minimum absolute atomic E-state index is 0. The highest BCUT2D eigenvalue weighted by atomic mass is 16.5. The molecule has 3 heterocycles. The summed E-state index contributed by atoms with van der Waals surface area (Å²) >= 11 is 0. The van der Waals surface area contributed by atoms with E-state index in [2.05, 4.69) is 105 Å². The Morgan fingerprint density at radius 3 is 2.30 bits per heavy atom. The number of carbonyl (C=O) groups excluding carboxylic acids is 2. The van der Waals surface area contributed by atoms with Crippen LogP contribution in [0.25, 0.3) is 11.1 Å². The number of piperidine rings is 1. The van der Waals surface area contributed by atoms with Gasteiger partial charge in [0.15, 0.2) is 0 Å².